The second-order valence-corrected chi connectivity index (χ2v) is 5.80. The average molecular weight is 305 g/mol. The lowest BCUT2D eigenvalue weighted by atomic mass is 10.1. The van der Waals surface area contributed by atoms with Gasteiger partial charge in [-0.05, 0) is 30.0 Å². The normalized spacial score (nSPS) is 14.1. The van der Waals surface area contributed by atoms with Crippen molar-refractivity contribution < 1.29 is 14.3 Å². The van der Waals surface area contributed by atoms with Gasteiger partial charge in [0.05, 0.1) is 6.54 Å². The van der Waals surface area contributed by atoms with E-state index in [1.165, 1.54) is 0 Å². The molecule has 3 amide bonds. The molecule has 2 rings (SSSR count). The molecular formula is C16H23N3O3. The Balaban J connectivity index is 1.78. The molecule has 1 aliphatic rings. The van der Waals surface area contributed by atoms with Crippen LogP contribution < -0.4 is 10.6 Å². The van der Waals surface area contributed by atoms with Crippen LogP contribution in [0.15, 0.2) is 24.3 Å². The molecular weight excluding hydrogens is 282 g/mol. The Morgan fingerprint density at radius 1 is 1.32 bits per heavy atom. The maximum atomic E-state index is 11.7. The van der Waals surface area contributed by atoms with Gasteiger partial charge in [-0.2, -0.15) is 0 Å². The van der Waals surface area contributed by atoms with Crippen LogP contribution in [0.25, 0.3) is 0 Å². The third-order valence-corrected chi connectivity index (χ3v) is 3.44. The van der Waals surface area contributed by atoms with E-state index in [9.17, 15) is 9.59 Å². The van der Waals surface area contributed by atoms with E-state index in [1.54, 1.807) is 4.90 Å². The molecule has 0 aromatic heterocycles. The van der Waals surface area contributed by atoms with Crippen LogP contribution in [0, 0.1) is 5.92 Å². The number of ether oxygens (including phenoxy) is 1. The summed E-state index contributed by atoms with van der Waals surface area (Å²) in [7, 11) is 0. The van der Waals surface area contributed by atoms with Crippen molar-refractivity contribution in [1.82, 2.24) is 10.2 Å². The minimum Gasteiger partial charge on any atom is -0.448 e. The highest BCUT2D eigenvalue weighted by molar-refractivity contribution is 5.89. The molecule has 1 fully saturated rings. The first kappa shape index (κ1) is 16.1. The van der Waals surface area contributed by atoms with Crippen molar-refractivity contribution in [3.63, 3.8) is 0 Å². The molecule has 1 aromatic carbocycles. The van der Waals surface area contributed by atoms with E-state index in [4.69, 9.17) is 4.74 Å². The fourth-order valence-corrected chi connectivity index (χ4v) is 2.13. The second kappa shape index (κ2) is 7.68. The maximum absolute atomic E-state index is 11.7. The number of nitrogens with zero attached hydrogens (tertiary/aromatic N) is 1. The standard InChI is InChI=1S/C16H23N3O3/c1-12(2)7-8-17-15(20)18-14-5-3-13(4-6-14)11-19-9-10-22-16(19)21/h3-6,12H,7-11H2,1-2H3,(H2,17,18,20). The highest BCUT2D eigenvalue weighted by Crippen LogP contribution is 2.14. The van der Waals surface area contributed by atoms with Gasteiger partial charge in [0.2, 0.25) is 0 Å². The number of rotatable bonds is 6. The number of nitrogens with one attached hydrogen (secondary N) is 2. The summed E-state index contributed by atoms with van der Waals surface area (Å²) in [6, 6.07) is 7.26. The summed E-state index contributed by atoms with van der Waals surface area (Å²) in [5.74, 6) is 0.567. The maximum Gasteiger partial charge on any atom is 0.410 e. The number of carbonyl (C=O) groups excluding carboxylic acids is 2. The van der Waals surface area contributed by atoms with Crippen LogP contribution in [-0.2, 0) is 11.3 Å². The average Bonchev–Trinajstić information content (AvgIpc) is 2.86. The molecule has 1 aromatic rings. The van der Waals surface area contributed by atoms with Gasteiger partial charge in [-0.3, -0.25) is 0 Å². The number of urea groups is 1. The molecule has 22 heavy (non-hydrogen) atoms. The summed E-state index contributed by atoms with van der Waals surface area (Å²) in [6.07, 6.45) is 0.685. The molecule has 0 aliphatic carbocycles. The summed E-state index contributed by atoms with van der Waals surface area (Å²) in [5, 5.41) is 5.61. The summed E-state index contributed by atoms with van der Waals surface area (Å²) in [4.78, 5) is 24.7. The molecule has 0 unspecified atom stereocenters. The lowest BCUT2D eigenvalue weighted by Crippen LogP contribution is -2.30. The van der Waals surface area contributed by atoms with Crippen LogP contribution in [0.5, 0.6) is 0 Å². The predicted octanol–water partition coefficient (Wildman–Crippen LogP) is 2.81. The molecule has 6 heteroatoms. The van der Waals surface area contributed by atoms with Gasteiger partial charge in [-0.15, -0.1) is 0 Å². The Kier molecular flexibility index (Phi) is 5.63. The van der Waals surface area contributed by atoms with Crippen molar-refractivity contribution in [3.8, 4) is 0 Å². The monoisotopic (exact) mass is 305 g/mol. The first-order chi connectivity index (χ1) is 10.5. The topological polar surface area (TPSA) is 70.7 Å². The molecule has 1 saturated heterocycles. The van der Waals surface area contributed by atoms with E-state index < -0.39 is 0 Å². The summed E-state index contributed by atoms with van der Waals surface area (Å²) in [5.41, 5.74) is 1.74. The van der Waals surface area contributed by atoms with Crippen LogP contribution in [0.2, 0.25) is 0 Å². The molecule has 120 valence electrons. The van der Waals surface area contributed by atoms with E-state index in [-0.39, 0.29) is 12.1 Å². The van der Waals surface area contributed by atoms with Gasteiger partial charge in [-0.25, -0.2) is 9.59 Å². The van der Waals surface area contributed by atoms with Gasteiger partial charge in [0.25, 0.3) is 0 Å². The largest absolute Gasteiger partial charge is 0.448 e. The van der Waals surface area contributed by atoms with Crippen molar-refractivity contribution in [2.45, 2.75) is 26.8 Å². The fourth-order valence-electron chi connectivity index (χ4n) is 2.13. The second-order valence-electron chi connectivity index (χ2n) is 5.80. The minimum atomic E-state index is -0.272. The Labute approximate surface area is 130 Å². The highest BCUT2D eigenvalue weighted by atomic mass is 16.6. The third-order valence-electron chi connectivity index (χ3n) is 3.44. The van der Waals surface area contributed by atoms with Gasteiger partial charge < -0.3 is 20.3 Å². The zero-order valence-electron chi connectivity index (χ0n) is 13.1. The van der Waals surface area contributed by atoms with Gasteiger partial charge in [0.1, 0.15) is 6.61 Å². The van der Waals surface area contributed by atoms with Gasteiger partial charge in [0.15, 0.2) is 0 Å². The van der Waals surface area contributed by atoms with Crippen LogP contribution in [0.3, 0.4) is 0 Å². The van der Waals surface area contributed by atoms with Crippen LogP contribution >= 0.6 is 0 Å². The Hall–Kier alpha value is -2.24. The summed E-state index contributed by atoms with van der Waals surface area (Å²) < 4.78 is 4.89. The van der Waals surface area contributed by atoms with Crippen LogP contribution in [0.4, 0.5) is 15.3 Å². The Morgan fingerprint density at radius 2 is 2.05 bits per heavy atom. The van der Waals surface area contributed by atoms with Crippen molar-refractivity contribution in [2.24, 2.45) is 5.92 Å². The Bertz CT molecular complexity index is 514. The number of cyclic esters (lactones) is 1. The number of amides is 3. The SMILES string of the molecule is CC(C)CCNC(=O)Nc1ccc(CN2CCOC2=O)cc1. The van der Waals surface area contributed by atoms with Crippen molar-refractivity contribution in [2.75, 3.05) is 25.0 Å². The van der Waals surface area contributed by atoms with E-state index in [1.807, 2.05) is 24.3 Å². The van der Waals surface area contributed by atoms with Gasteiger partial charge in [-0.1, -0.05) is 26.0 Å². The molecule has 0 radical (unpaired) electrons. The van der Waals surface area contributed by atoms with E-state index in [2.05, 4.69) is 24.5 Å². The highest BCUT2D eigenvalue weighted by Gasteiger charge is 2.21. The molecule has 0 atom stereocenters. The smallest absolute Gasteiger partial charge is 0.410 e. The van der Waals surface area contributed by atoms with Crippen molar-refractivity contribution in [3.05, 3.63) is 29.8 Å². The van der Waals surface area contributed by atoms with E-state index in [0.29, 0.717) is 32.2 Å². The Morgan fingerprint density at radius 3 is 2.64 bits per heavy atom. The van der Waals surface area contributed by atoms with Crippen molar-refractivity contribution in [1.29, 1.82) is 0 Å². The first-order valence-corrected chi connectivity index (χ1v) is 7.60. The molecule has 0 bridgehead atoms. The summed E-state index contributed by atoms with van der Waals surface area (Å²) in [6.45, 7) is 6.51. The fraction of sp³-hybridized carbons (Fsp3) is 0.500. The van der Waals surface area contributed by atoms with E-state index >= 15 is 0 Å². The number of carbonyl (C=O) groups is 2. The molecule has 1 aliphatic heterocycles. The molecule has 6 nitrogen and oxygen atoms in total. The molecule has 2 N–H and O–H groups in total. The summed E-state index contributed by atoms with van der Waals surface area (Å²) >= 11 is 0. The molecule has 1 heterocycles. The number of hydrogen-bond acceptors (Lipinski definition) is 3. The third kappa shape index (κ3) is 4.95. The number of benzene rings is 1. The first-order valence-electron chi connectivity index (χ1n) is 7.60. The molecule has 0 spiro atoms. The minimum absolute atomic E-state index is 0.198. The van der Waals surface area contributed by atoms with Gasteiger partial charge >= 0.3 is 12.1 Å². The zero-order valence-corrected chi connectivity index (χ0v) is 13.1. The van der Waals surface area contributed by atoms with Gasteiger partial charge in [0, 0.05) is 18.8 Å². The van der Waals surface area contributed by atoms with Crippen LogP contribution in [0.1, 0.15) is 25.8 Å². The van der Waals surface area contributed by atoms with Crippen LogP contribution in [-0.4, -0.2) is 36.7 Å². The van der Waals surface area contributed by atoms with Crippen molar-refractivity contribution >= 4 is 17.8 Å². The quantitative estimate of drug-likeness (QED) is 0.849. The lowest BCUT2D eigenvalue weighted by molar-refractivity contribution is 0.157. The zero-order chi connectivity index (χ0) is 15.9. The van der Waals surface area contributed by atoms with E-state index in [0.717, 1.165) is 17.7 Å². The lowest BCUT2D eigenvalue weighted by Gasteiger charge is -2.13. The number of hydrogen-bond donors (Lipinski definition) is 2. The number of anilines is 1. The molecule has 0 saturated carbocycles. The predicted molar refractivity (Wildman–Crippen MR) is 84.7 cm³/mol.